The number of carbonyl (C=O) groups excluding carboxylic acids is 1. The van der Waals surface area contributed by atoms with E-state index in [0.29, 0.717) is 17.4 Å². The SMILES string of the molecule is CC[C@H](C)c1ccc(OCC(=O)Nc2cc([N+](=O)[O-])ccc2OC)cc1. The van der Waals surface area contributed by atoms with E-state index in [0.717, 1.165) is 6.42 Å². The molecular formula is C19H22N2O5. The molecule has 26 heavy (non-hydrogen) atoms. The van der Waals surface area contributed by atoms with Crippen molar-refractivity contribution in [3.63, 3.8) is 0 Å². The van der Waals surface area contributed by atoms with Crippen molar-refractivity contribution in [3.05, 3.63) is 58.1 Å². The van der Waals surface area contributed by atoms with Gasteiger partial charge in [-0.3, -0.25) is 14.9 Å². The highest BCUT2D eigenvalue weighted by Crippen LogP contribution is 2.29. The monoisotopic (exact) mass is 358 g/mol. The third-order valence-electron chi connectivity index (χ3n) is 4.10. The highest BCUT2D eigenvalue weighted by Gasteiger charge is 2.14. The quantitative estimate of drug-likeness (QED) is 0.566. The summed E-state index contributed by atoms with van der Waals surface area (Å²) >= 11 is 0. The molecule has 1 N–H and O–H groups in total. The summed E-state index contributed by atoms with van der Waals surface area (Å²) < 4.78 is 10.6. The Bertz CT molecular complexity index is 774. The van der Waals surface area contributed by atoms with E-state index >= 15 is 0 Å². The van der Waals surface area contributed by atoms with Crippen LogP contribution in [0.25, 0.3) is 0 Å². The number of rotatable bonds is 8. The minimum absolute atomic E-state index is 0.136. The Balaban J connectivity index is 1.98. The van der Waals surface area contributed by atoms with Gasteiger partial charge in [0.2, 0.25) is 0 Å². The summed E-state index contributed by atoms with van der Waals surface area (Å²) in [6, 6.07) is 11.6. The minimum atomic E-state index is -0.537. The predicted octanol–water partition coefficient (Wildman–Crippen LogP) is 4.13. The Hall–Kier alpha value is -3.09. The topological polar surface area (TPSA) is 90.7 Å². The van der Waals surface area contributed by atoms with Crippen LogP contribution in [0.1, 0.15) is 31.7 Å². The first-order valence-electron chi connectivity index (χ1n) is 8.29. The number of nitro groups is 1. The third kappa shape index (κ3) is 4.95. The first-order valence-corrected chi connectivity index (χ1v) is 8.29. The zero-order chi connectivity index (χ0) is 19.1. The van der Waals surface area contributed by atoms with Gasteiger partial charge in [-0.2, -0.15) is 0 Å². The first-order chi connectivity index (χ1) is 12.4. The summed E-state index contributed by atoms with van der Waals surface area (Å²) in [5, 5.41) is 13.4. The number of nitro benzene ring substituents is 1. The maximum Gasteiger partial charge on any atom is 0.271 e. The Morgan fingerprint density at radius 3 is 2.50 bits per heavy atom. The molecule has 0 bridgehead atoms. The number of hydrogen-bond donors (Lipinski definition) is 1. The Morgan fingerprint density at radius 1 is 1.23 bits per heavy atom. The van der Waals surface area contributed by atoms with Crippen molar-refractivity contribution in [3.8, 4) is 11.5 Å². The number of amides is 1. The highest BCUT2D eigenvalue weighted by atomic mass is 16.6. The standard InChI is InChI=1S/C19H22N2O5/c1-4-13(2)14-5-8-16(9-6-14)26-12-19(22)20-17-11-15(21(23)24)7-10-18(17)25-3/h5-11,13H,4,12H2,1-3H3,(H,20,22)/t13-/m0/s1. The maximum absolute atomic E-state index is 12.1. The average molecular weight is 358 g/mol. The molecule has 0 aliphatic rings. The number of nitrogens with one attached hydrogen (secondary N) is 1. The normalized spacial score (nSPS) is 11.5. The molecular weight excluding hydrogens is 336 g/mol. The molecule has 0 fully saturated rings. The minimum Gasteiger partial charge on any atom is -0.495 e. The van der Waals surface area contributed by atoms with Crippen LogP contribution in [0, 0.1) is 10.1 Å². The maximum atomic E-state index is 12.1. The second-order valence-electron chi connectivity index (χ2n) is 5.86. The van der Waals surface area contributed by atoms with Crippen LogP contribution in [0.4, 0.5) is 11.4 Å². The van der Waals surface area contributed by atoms with Gasteiger partial charge >= 0.3 is 0 Å². The lowest BCUT2D eigenvalue weighted by atomic mass is 9.99. The molecule has 0 saturated heterocycles. The van der Waals surface area contributed by atoms with Gasteiger partial charge in [-0.25, -0.2) is 0 Å². The molecule has 1 amide bonds. The van der Waals surface area contributed by atoms with Crippen molar-refractivity contribution in [1.29, 1.82) is 0 Å². The lowest BCUT2D eigenvalue weighted by molar-refractivity contribution is -0.384. The van der Waals surface area contributed by atoms with E-state index in [-0.39, 0.29) is 18.0 Å². The molecule has 2 aromatic rings. The fourth-order valence-electron chi connectivity index (χ4n) is 2.37. The van der Waals surface area contributed by atoms with Crippen molar-refractivity contribution in [2.45, 2.75) is 26.2 Å². The van der Waals surface area contributed by atoms with Gasteiger partial charge in [-0.15, -0.1) is 0 Å². The van der Waals surface area contributed by atoms with E-state index in [2.05, 4.69) is 19.2 Å². The molecule has 0 radical (unpaired) electrons. The van der Waals surface area contributed by atoms with Crippen LogP contribution in [0.5, 0.6) is 11.5 Å². The molecule has 1 atom stereocenters. The summed E-state index contributed by atoms with van der Waals surface area (Å²) in [6.07, 6.45) is 1.05. The van der Waals surface area contributed by atoms with Crippen molar-refractivity contribution >= 4 is 17.3 Å². The number of ether oxygens (including phenoxy) is 2. The summed E-state index contributed by atoms with van der Waals surface area (Å²) in [6.45, 7) is 4.06. The van der Waals surface area contributed by atoms with Gasteiger partial charge in [-0.1, -0.05) is 26.0 Å². The number of anilines is 1. The molecule has 0 saturated carbocycles. The summed E-state index contributed by atoms with van der Waals surface area (Å²) in [5.74, 6) is 0.948. The third-order valence-corrected chi connectivity index (χ3v) is 4.10. The number of hydrogen-bond acceptors (Lipinski definition) is 5. The van der Waals surface area contributed by atoms with Crippen molar-refractivity contribution in [2.24, 2.45) is 0 Å². The molecule has 7 nitrogen and oxygen atoms in total. The Labute approximate surface area is 152 Å². The van der Waals surface area contributed by atoms with Gasteiger partial charge in [0.15, 0.2) is 6.61 Å². The Kier molecular flexibility index (Phi) is 6.54. The van der Waals surface area contributed by atoms with Crippen molar-refractivity contribution in [1.82, 2.24) is 0 Å². The number of nitrogens with zero attached hydrogens (tertiary/aromatic N) is 1. The molecule has 0 aliphatic heterocycles. The zero-order valence-corrected chi connectivity index (χ0v) is 15.0. The van der Waals surface area contributed by atoms with Gasteiger partial charge in [0.1, 0.15) is 11.5 Å². The van der Waals surface area contributed by atoms with Crippen LogP contribution in [0.3, 0.4) is 0 Å². The first kappa shape index (κ1) is 19.2. The fourth-order valence-corrected chi connectivity index (χ4v) is 2.37. The molecule has 0 heterocycles. The molecule has 2 rings (SSSR count). The second-order valence-corrected chi connectivity index (χ2v) is 5.86. The van der Waals surface area contributed by atoms with Gasteiger partial charge < -0.3 is 14.8 Å². The van der Waals surface area contributed by atoms with E-state index in [1.54, 1.807) is 0 Å². The van der Waals surface area contributed by atoms with Crippen molar-refractivity contribution in [2.75, 3.05) is 19.0 Å². The predicted molar refractivity (Wildman–Crippen MR) is 98.9 cm³/mol. The van der Waals surface area contributed by atoms with Gasteiger partial charge in [0.05, 0.1) is 17.7 Å². The van der Waals surface area contributed by atoms with E-state index in [1.807, 2.05) is 24.3 Å². The van der Waals surface area contributed by atoms with Crippen LogP contribution in [-0.2, 0) is 4.79 Å². The summed E-state index contributed by atoms with van der Waals surface area (Å²) in [7, 11) is 1.42. The van der Waals surface area contributed by atoms with Crippen molar-refractivity contribution < 1.29 is 19.2 Å². The van der Waals surface area contributed by atoms with Crippen LogP contribution in [-0.4, -0.2) is 24.5 Å². The van der Waals surface area contributed by atoms with Gasteiger partial charge in [0, 0.05) is 12.1 Å². The lowest BCUT2D eigenvalue weighted by Crippen LogP contribution is -2.20. The lowest BCUT2D eigenvalue weighted by Gasteiger charge is -2.12. The number of methoxy groups -OCH3 is 1. The van der Waals surface area contributed by atoms with Crippen LogP contribution in [0.15, 0.2) is 42.5 Å². The van der Waals surface area contributed by atoms with E-state index in [9.17, 15) is 14.9 Å². The fraction of sp³-hybridized carbons (Fsp3) is 0.316. The summed E-state index contributed by atoms with van der Waals surface area (Å²) in [5.41, 5.74) is 1.30. The smallest absolute Gasteiger partial charge is 0.271 e. The number of benzene rings is 2. The molecule has 0 unspecified atom stereocenters. The highest BCUT2D eigenvalue weighted by molar-refractivity contribution is 5.93. The number of carbonyl (C=O) groups is 1. The van der Waals surface area contributed by atoms with Crippen LogP contribution >= 0.6 is 0 Å². The second kappa shape index (κ2) is 8.84. The van der Waals surface area contributed by atoms with Crippen LogP contribution in [0.2, 0.25) is 0 Å². The molecule has 2 aromatic carbocycles. The van der Waals surface area contributed by atoms with E-state index < -0.39 is 10.8 Å². The molecule has 7 heteroatoms. The zero-order valence-electron chi connectivity index (χ0n) is 15.0. The largest absolute Gasteiger partial charge is 0.495 e. The van der Waals surface area contributed by atoms with E-state index in [1.165, 1.54) is 30.9 Å². The summed E-state index contributed by atoms with van der Waals surface area (Å²) in [4.78, 5) is 22.4. The average Bonchev–Trinajstić information content (AvgIpc) is 2.66. The Morgan fingerprint density at radius 2 is 1.92 bits per heavy atom. The van der Waals surface area contributed by atoms with E-state index in [4.69, 9.17) is 9.47 Å². The van der Waals surface area contributed by atoms with Crippen LogP contribution < -0.4 is 14.8 Å². The molecule has 0 aliphatic carbocycles. The molecule has 0 aromatic heterocycles. The van der Waals surface area contributed by atoms with Gasteiger partial charge in [-0.05, 0) is 36.1 Å². The molecule has 138 valence electrons. The molecule has 0 spiro atoms. The number of non-ortho nitro benzene ring substituents is 1. The van der Waals surface area contributed by atoms with Gasteiger partial charge in [0.25, 0.3) is 11.6 Å².